The summed E-state index contributed by atoms with van der Waals surface area (Å²) in [6.45, 7) is 4.85. The monoisotopic (exact) mass is 256 g/mol. The minimum absolute atomic E-state index is 0.115. The van der Waals surface area contributed by atoms with Gasteiger partial charge in [-0.05, 0) is 12.8 Å². The molecule has 1 fully saturated rings. The highest BCUT2D eigenvalue weighted by molar-refractivity contribution is 5.76. The van der Waals surface area contributed by atoms with Gasteiger partial charge in [0.1, 0.15) is 0 Å². The Bertz CT molecular complexity index is 319. The third-order valence-corrected chi connectivity index (χ3v) is 3.03. The summed E-state index contributed by atoms with van der Waals surface area (Å²) in [5.41, 5.74) is 0. The molecule has 1 aliphatic rings. The van der Waals surface area contributed by atoms with Crippen LogP contribution in [0.2, 0.25) is 0 Å². The lowest BCUT2D eigenvalue weighted by Crippen LogP contribution is -2.49. The number of aliphatic hydroxyl groups excluding tert-OH is 1. The van der Waals surface area contributed by atoms with Crippen molar-refractivity contribution in [1.82, 2.24) is 9.80 Å². The molecule has 1 atom stereocenters. The van der Waals surface area contributed by atoms with Gasteiger partial charge >= 0.3 is 12.0 Å². The average molecular weight is 256 g/mol. The van der Waals surface area contributed by atoms with Crippen molar-refractivity contribution in [3.8, 4) is 0 Å². The van der Waals surface area contributed by atoms with Gasteiger partial charge in [-0.25, -0.2) is 4.79 Å². The van der Waals surface area contributed by atoms with E-state index in [1.54, 1.807) is 11.0 Å². The Labute approximate surface area is 106 Å². The second-order valence-corrected chi connectivity index (χ2v) is 4.36. The zero-order valence-corrected chi connectivity index (χ0v) is 10.4. The van der Waals surface area contributed by atoms with E-state index in [4.69, 9.17) is 10.2 Å². The van der Waals surface area contributed by atoms with Crippen molar-refractivity contribution in [3.63, 3.8) is 0 Å². The van der Waals surface area contributed by atoms with Crippen LogP contribution in [0.3, 0.4) is 0 Å². The Hall–Kier alpha value is -1.56. The molecule has 1 aliphatic heterocycles. The number of nitrogens with zero attached hydrogens (tertiary/aromatic N) is 2. The molecule has 0 unspecified atom stereocenters. The van der Waals surface area contributed by atoms with Crippen LogP contribution in [0.15, 0.2) is 12.7 Å². The largest absolute Gasteiger partial charge is 0.481 e. The average Bonchev–Trinajstić information content (AvgIpc) is 2.38. The summed E-state index contributed by atoms with van der Waals surface area (Å²) in [6, 6.07) is -0.227. The molecule has 1 saturated heterocycles. The Morgan fingerprint density at radius 1 is 1.50 bits per heavy atom. The zero-order valence-electron chi connectivity index (χ0n) is 10.4. The second-order valence-electron chi connectivity index (χ2n) is 4.36. The number of piperidine rings is 1. The Morgan fingerprint density at radius 2 is 2.22 bits per heavy atom. The van der Waals surface area contributed by atoms with E-state index in [-0.39, 0.29) is 25.7 Å². The van der Waals surface area contributed by atoms with Gasteiger partial charge in [0.25, 0.3) is 0 Å². The number of hydrogen-bond donors (Lipinski definition) is 2. The molecule has 2 N–H and O–H groups in total. The zero-order chi connectivity index (χ0) is 13.5. The van der Waals surface area contributed by atoms with Crippen LogP contribution in [0.4, 0.5) is 4.79 Å². The lowest BCUT2D eigenvalue weighted by atomic mass is 9.99. The van der Waals surface area contributed by atoms with Crippen molar-refractivity contribution < 1.29 is 19.8 Å². The van der Waals surface area contributed by atoms with Crippen molar-refractivity contribution in [2.24, 2.45) is 5.92 Å². The predicted octanol–water partition coefficient (Wildman–Crippen LogP) is 0.383. The molecule has 6 heteroatoms. The number of carbonyl (C=O) groups is 2. The van der Waals surface area contributed by atoms with Crippen LogP contribution in [-0.4, -0.2) is 64.8 Å². The van der Waals surface area contributed by atoms with Crippen LogP contribution in [0.25, 0.3) is 0 Å². The summed E-state index contributed by atoms with van der Waals surface area (Å²) in [7, 11) is 0. The summed E-state index contributed by atoms with van der Waals surface area (Å²) >= 11 is 0. The maximum absolute atomic E-state index is 12.1. The van der Waals surface area contributed by atoms with Gasteiger partial charge in [-0.3, -0.25) is 4.79 Å². The van der Waals surface area contributed by atoms with Gasteiger partial charge in [0, 0.05) is 26.2 Å². The number of carboxylic acids is 1. The molecule has 0 radical (unpaired) electrons. The third-order valence-electron chi connectivity index (χ3n) is 3.03. The molecule has 18 heavy (non-hydrogen) atoms. The molecule has 6 nitrogen and oxygen atoms in total. The van der Waals surface area contributed by atoms with Gasteiger partial charge in [-0.2, -0.15) is 0 Å². The molecule has 0 spiro atoms. The summed E-state index contributed by atoms with van der Waals surface area (Å²) in [5.74, 6) is -1.34. The number of likely N-dealkylation sites (tertiary alicyclic amines) is 1. The molecule has 1 heterocycles. The SMILES string of the molecule is C=CCN(CCO)C(=O)N1CCC[C@@H](C(=O)O)C1. The standard InChI is InChI=1S/C12H20N2O4/c1-2-5-13(7-8-15)12(18)14-6-3-4-10(9-14)11(16)17/h2,10,15H,1,3-9H2,(H,16,17)/t10-/m1/s1. The first-order chi connectivity index (χ1) is 8.60. The molecule has 0 aliphatic carbocycles. The smallest absolute Gasteiger partial charge is 0.320 e. The lowest BCUT2D eigenvalue weighted by molar-refractivity contribution is -0.143. The van der Waals surface area contributed by atoms with Crippen LogP contribution in [-0.2, 0) is 4.79 Å². The number of amides is 2. The van der Waals surface area contributed by atoms with E-state index in [0.29, 0.717) is 25.9 Å². The van der Waals surface area contributed by atoms with Crippen molar-refractivity contribution >= 4 is 12.0 Å². The molecule has 102 valence electrons. The quantitative estimate of drug-likeness (QED) is 0.697. The molecule has 2 amide bonds. The minimum atomic E-state index is -0.857. The van der Waals surface area contributed by atoms with Gasteiger partial charge in [0.15, 0.2) is 0 Å². The lowest BCUT2D eigenvalue weighted by Gasteiger charge is -2.34. The van der Waals surface area contributed by atoms with E-state index in [0.717, 1.165) is 0 Å². The summed E-state index contributed by atoms with van der Waals surface area (Å²) in [5, 5.41) is 17.9. The van der Waals surface area contributed by atoms with Crippen LogP contribution >= 0.6 is 0 Å². The first-order valence-electron chi connectivity index (χ1n) is 6.08. The van der Waals surface area contributed by atoms with Gasteiger partial charge in [0.05, 0.1) is 12.5 Å². The molecular weight excluding hydrogens is 236 g/mol. The van der Waals surface area contributed by atoms with Gasteiger partial charge < -0.3 is 20.0 Å². The highest BCUT2D eigenvalue weighted by Crippen LogP contribution is 2.17. The molecule has 1 rings (SSSR count). The second kappa shape index (κ2) is 7.00. The fourth-order valence-corrected chi connectivity index (χ4v) is 2.09. The normalized spacial score (nSPS) is 19.4. The number of aliphatic carboxylic acids is 1. The molecule has 0 aromatic heterocycles. The fourth-order valence-electron chi connectivity index (χ4n) is 2.09. The number of carboxylic acid groups (broad SMARTS) is 1. The van der Waals surface area contributed by atoms with Crippen LogP contribution in [0, 0.1) is 5.92 Å². The van der Waals surface area contributed by atoms with Crippen molar-refractivity contribution in [2.75, 3.05) is 32.8 Å². The summed E-state index contributed by atoms with van der Waals surface area (Å²) in [4.78, 5) is 26.1. The van der Waals surface area contributed by atoms with Crippen LogP contribution < -0.4 is 0 Å². The number of aliphatic hydroxyl groups is 1. The number of urea groups is 1. The van der Waals surface area contributed by atoms with E-state index in [9.17, 15) is 9.59 Å². The van der Waals surface area contributed by atoms with Crippen molar-refractivity contribution in [3.05, 3.63) is 12.7 Å². The highest BCUT2D eigenvalue weighted by atomic mass is 16.4. The Morgan fingerprint density at radius 3 is 2.78 bits per heavy atom. The molecule has 0 aromatic carbocycles. The summed E-state index contributed by atoms with van der Waals surface area (Å²) in [6.07, 6.45) is 2.90. The van der Waals surface area contributed by atoms with E-state index in [1.165, 1.54) is 4.90 Å². The summed E-state index contributed by atoms with van der Waals surface area (Å²) < 4.78 is 0. The third kappa shape index (κ3) is 3.73. The van der Waals surface area contributed by atoms with Crippen molar-refractivity contribution in [2.45, 2.75) is 12.8 Å². The molecule has 0 aromatic rings. The molecule has 0 bridgehead atoms. The van der Waals surface area contributed by atoms with E-state index < -0.39 is 11.9 Å². The Kier molecular flexibility index (Phi) is 5.64. The number of rotatable bonds is 5. The number of carbonyl (C=O) groups excluding carboxylic acids is 1. The van der Waals surface area contributed by atoms with Crippen LogP contribution in [0.5, 0.6) is 0 Å². The van der Waals surface area contributed by atoms with Crippen LogP contribution in [0.1, 0.15) is 12.8 Å². The van der Waals surface area contributed by atoms with E-state index in [2.05, 4.69) is 6.58 Å². The maximum atomic E-state index is 12.1. The fraction of sp³-hybridized carbons (Fsp3) is 0.667. The number of hydrogen-bond acceptors (Lipinski definition) is 3. The highest BCUT2D eigenvalue weighted by Gasteiger charge is 2.29. The van der Waals surface area contributed by atoms with E-state index in [1.807, 2.05) is 0 Å². The van der Waals surface area contributed by atoms with Gasteiger partial charge in [0.2, 0.25) is 0 Å². The maximum Gasteiger partial charge on any atom is 0.320 e. The Balaban J connectivity index is 2.63. The van der Waals surface area contributed by atoms with Gasteiger partial charge in [-0.15, -0.1) is 6.58 Å². The predicted molar refractivity (Wildman–Crippen MR) is 66.2 cm³/mol. The first kappa shape index (κ1) is 14.5. The minimum Gasteiger partial charge on any atom is -0.481 e. The van der Waals surface area contributed by atoms with Gasteiger partial charge in [-0.1, -0.05) is 6.08 Å². The first-order valence-corrected chi connectivity index (χ1v) is 6.08. The molecule has 0 saturated carbocycles. The van der Waals surface area contributed by atoms with E-state index >= 15 is 0 Å². The topological polar surface area (TPSA) is 81.1 Å². The van der Waals surface area contributed by atoms with Crippen molar-refractivity contribution in [1.29, 1.82) is 0 Å². The molecular formula is C12H20N2O4.